The van der Waals surface area contributed by atoms with Gasteiger partial charge in [0, 0.05) is 30.9 Å². The lowest BCUT2D eigenvalue weighted by Crippen LogP contribution is -2.36. The number of halogens is 2. The van der Waals surface area contributed by atoms with Crippen LogP contribution >= 0.6 is 0 Å². The molecule has 8 heteroatoms. The number of hydrogen-bond donors (Lipinski definition) is 0. The third-order valence-corrected chi connectivity index (χ3v) is 7.18. The van der Waals surface area contributed by atoms with Crippen LogP contribution in [0.25, 0.3) is 0 Å². The number of anilines is 1. The van der Waals surface area contributed by atoms with Gasteiger partial charge in [0.15, 0.2) is 11.6 Å². The first-order valence-electron chi connectivity index (χ1n) is 9.28. The van der Waals surface area contributed by atoms with Gasteiger partial charge in [0.1, 0.15) is 0 Å². The number of nitrogens with zero attached hydrogens (tertiary/aromatic N) is 2. The van der Waals surface area contributed by atoms with E-state index in [1.165, 1.54) is 21.3 Å². The fourth-order valence-corrected chi connectivity index (χ4v) is 5.38. The summed E-state index contributed by atoms with van der Waals surface area (Å²) < 4.78 is 53.8. The molecule has 148 valence electrons. The number of fused-ring (bicyclic) bond motifs is 1. The van der Waals surface area contributed by atoms with Crippen molar-refractivity contribution in [2.45, 2.75) is 30.6 Å². The zero-order valence-electron chi connectivity index (χ0n) is 15.2. The van der Waals surface area contributed by atoms with Gasteiger partial charge in [-0.1, -0.05) is 0 Å². The van der Waals surface area contributed by atoms with Crippen molar-refractivity contribution in [3.05, 3.63) is 59.2 Å². The first kappa shape index (κ1) is 19.0. The quantitative estimate of drug-likeness (QED) is 0.786. The minimum absolute atomic E-state index is 0.0560. The van der Waals surface area contributed by atoms with E-state index in [-0.39, 0.29) is 10.5 Å². The summed E-state index contributed by atoms with van der Waals surface area (Å²) in [5.74, 6) is -2.52. The number of hydrogen-bond acceptors (Lipinski definition) is 3. The average Bonchev–Trinajstić information content (AvgIpc) is 3.24. The first-order chi connectivity index (χ1) is 13.4. The second kappa shape index (κ2) is 7.25. The molecule has 0 bridgehead atoms. The zero-order chi connectivity index (χ0) is 19.9. The molecule has 1 fully saturated rings. The second-order valence-corrected chi connectivity index (χ2v) is 9.03. The highest BCUT2D eigenvalue weighted by molar-refractivity contribution is 7.89. The molecule has 0 aliphatic carbocycles. The molecule has 0 radical (unpaired) electrons. The Balaban J connectivity index is 1.66. The highest BCUT2D eigenvalue weighted by Gasteiger charge is 2.30. The van der Waals surface area contributed by atoms with Crippen LogP contribution in [0, 0.1) is 11.6 Å². The Kier molecular flexibility index (Phi) is 4.93. The summed E-state index contributed by atoms with van der Waals surface area (Å²) >= 11 is 0. The molecule has 2 heterocycles. The zero-order valence-corrected chi connectivity index (χ0v) is 16.0. The molecule has 0 N–H and O–H groups in total. The lowest BCUT2D eigenvalue weighted by Gasteiger charge is -2.30. The summed E-state index contributed by atoms with van der Waals surface area (Å²) in [6, 6.07) is 7.85. The molecule has 2 aromatic rings. The van der Waals surface area contributed by atoms with Crippen molar-refractivity contribution >= 4 is 21.6 Å². The minimum Gasteiger partial charge on any atom is -0.308 e. The molecule has 2 aliphatic heterocycles. The van der Waals surface area contributed by atoms with Crippen LogP contribution in [0.15, 0.2) is 41.3 Å². The highest BCUT2D eigenvalue weighted by Crippen LogP contribution is 2.32. The van der Waals surface area contributed by atoms with Gasteiger partial charge in [0.25, 0.3) is 5.91 Å². The smallest absolute Gasteiger partial charge is 0.258 e. The number of sulfonamides is 1. The Bertz CT molecular complexity index is 1030. The number of benzene rings is 2. The van der Waals surface area contributed by atoms with Gasteiger partial charge in [-0.25, -0.2) is 17.2 Å². The van der Waals surface area contributed by atoms with E-state index in [9.17, 15) is 22.0 Å². The van der Waals surface area contributed by atoms with Gasteiger partial charge in [0.05, 0.1) is 4.90 Å². The Labute approximate surface area is 162 Å². The van der Waals surface area contributed by atoms with Crippen LogP contribution in [0.5, 0.6) is 0 Å². The molecule has 0 unspecified atom stereocenters. The molecule has 1 saturated heterocycles. The van der Waals surface area contributed by atoms with Crippen molar-refractivity contribution in [2.75, 3.05) is 24.5 Å². The number of carbonyl (C=O) groups is 1. The van der Waals surface area contributed by atoms with Crippen LogP contribution in [-0.4, -0.2) is 38.3 Å². The Morgan fingerprint density at radius 2 is 1.64 bits per heavy atom. The van der Waals surface area contributed by atoms with Crippen LogP contribution in [0.1, 0.15) is 35.2 Å². The van der Waals surface area contributed by atoms with Gasteiger partial charge in [-0.3, -0.25) is 4.79 Å². The van der Waals surface area contributed by atoms with Crippen molar-refractivity contribution in [3.63, 3.8) is 0 Å². The largest absolute Gasteiger partial charge is 0.308 e. The predicted molar refractivity (Wildman–Crippen MR) is 101 cm³/mol. The van der Waals surface area contributed by atoms with Crippen LogP contribution in [-0.2, 0) is 16.4 Å². The molecule has 5 nitrogen and oxygen atoms in total. The van der Waals surface area contributed by atoms with Crippen LogP contribution < -0.4 is 4.90 Å². The van der Waals surface area contributed by atoms with E-state index in [2.05, 4.69) is 0 Å². The standard InChI is InChI=1S/C20H20F2N2O3S/c21-17-7-5-15(13-18(17)22)20(25)24-11-3-4-14-12-16(6-8-19(14)24)28(26,27)23-9-1-2-10-23/h5-8,12-13H,1-4,9-11H2. The molecule has 2 aliphatic rings. The molecule has 0 spiro atoms. The number of rotatable bonds is 3. The van der Waals surface area contributed by atoms with E-state index in [1.54, 1.807) is 12.1 Å². The summed E-state index contributed by atoms with van der Waals surface area (Å²) in [6.07, 6.45) is 3.04. The van der Waals surface area contributed by atoms with E-state index < -0.39 is 27.6 Å². The molecule has 0 aromatic heterocycles. The van der Waals surface area contributed by atoms with Gasteiger partial charge in [-0.15, -0.1) is 0 Å². The molecular formula is C20H20F2N2O3S. The summed E-state index contributed by atoms with van der Waals surface area (Å²) in [6.45, 7) is 1.49. The summed E-state index contributed by atoms with van der Waals surface area (Å²) in [7, 11) is -3.53. The lowest BCUT2D eigenvalue weighted by atomic mass is 10.0. The van der Waals surface area contributed by atoms with E-state index in [1.807, 2.05) is 0 Å². The molecule has 28 heavy (non-hydrogen) atoms. The summed E-state index contributed by atoms with van der Waals surface area (Å²) in [5, 5.41) is 0. The van der Waals surface area contributed by atoms with Gasteiger partial charge in [-0.05, 0) is 67.6 Å². The van der Waals surface area contributed by atoms with Gasteiger partial charge in [0.2, 0.25) is 10.0 Å². The highest BCUT2D eigenvalue weighted by atomic mass is 32.2. The number of amides is 1. The Morgan fingerprint density at radius 3 is 2.36 bits per heavy atom. The Hall–Kier alpha value is -2.32. The van der Waals surface area contributed by atoms with Gasteiger partial charge >= 0.3 is 0 Å². The molecule has 0 atom stereocenters. The minimum atomic E-state index is -3.53. The van der Waals surface area contributed by atoms with Gasteiger partial charge < -0.3 is 4.90 Å². The predicted octanol–water partition coefficient (Wildman–Crippen LogP) is 3.34. The molecule has 2 aromatic carbocycles. The van der Waals surface area contributed by atoms with Gasteiger partial charge in [-0.2, -0.15) is 4.31 Å². The normalized spacial score (nSPS) is 17.6. The van der Waals surface area contributed by atoms with Crippen LogP contribution in [0.2, 0.25) is 0 Å². The number of aryl methyl sites for hydroxylation is 1. The molecule has 0 saturated carbocycles. The topological polar surface area (TPSA) is 57.7 Å². The maximum absolute atomic E-state index is 13.5. The van der Waals surface area contributed by atoms with E-state index in [0.717, 1.165) is 30.5 Å². The van der Waals surface area contributed by atoms with Crippen molar-refractivity contribution in [3.8, 4) is 0 Å². The third kappa shape index (κ3) is 3.31. The monoisotopic (exact) mass is 406 g/mol. The molecular weight excluding hydrogens is 386 g/mol. The fraction of sp³-hybridized carbons (Fsp3) is 0.350. The van der Waals surface area contributed by atoms with E-state index >= 15 is 0 Å². The van der Waals surface area contributed by atoms with Crippen LogP contribution in [0.3, 0.4) is 0 Å². The molecule has 1 amide bonds. The maximum atomic E-state index is 13.5. The fourth-order valence-electron chi connectivity index (χ4n) is 3.81. The SMILES string of the molecule is O=C(c1ccc(F)c(F)c1)N1CCCc2cc(S(=O)(=O)N3CCCC3)ccc21. The number of carbonyl (C=O) groups excluding carboxylic acids is 1. The Morgan fingerprint density at radius 1 is 0.893 bits per heavy atom. The summed E-state index contributed by atoms with van der Waals surface area (Å²) in [5.41, 5.74) is 1.43. The van der Waals surface area contributed by atoms with Crippen molar-refractivity contribution in [2.24, 2.45) is 0 Å². The molecule has 4 rings (SSSR count). The van der Waals surface area contributed by atoms with Crippen molar-refractivity contribution < 1.29 is 22.0 Å². The first-order valence-corrected chi connectivity index (χ1v) is 10.7. The van der Waals surface area contributed by atoms with Crippen molar-refractivity contribution in [1.82, 2.24) is 4.31 Å². The van der Waals surface area contributed by atoms with E-state index in [0.29, 0.717) is 38.2 Å². The van der Waals surface area contributed by atoms with E-state index in [4.69, 9.17) is 0 Å². The van der Waals surface area contributed by atoms with Crippen molar-refractivity contribution in [1.29, 1.82) is 0 Å². The maximum Gasteiger partial charge on any atom is 0.258 e. The average molecular weight is 406 g/mol. The second-order valence-electron chi connectivity index (χ2n) is 7.09. The lowest BCUT2D eigenvalue weighted by molar-refractivity contribution is 0.0984. The van der Waals surface area contributed by atoms with Crippen LogP contribution in [0.4, 0.5) is 14.5 Å². The third-order valence-electron chi connectivity index (χ3n) is 5.28. The summed E-state index contributed by atoms with van der Waals surface area (Å²) in [4.78, 5) is 14.6.